The molecule has 0 fully saturated rings. The standard InChI is InChI=1S/C20H24N2O2S2/c1-13(2)25-15-7-5-14(6-8-15)9-10-21-20-22-16-11-17(23-3)18(24-4)12-19(16)26-20/h5-8,10-13,20,22H,9H2,1-4H3/b21-10+. The van der Waals surface area contributed by atoms with Crippen molar-refractivity contribution in [3.63, 3.8) is 0 Å². The molecule has 0 saturated carbocycles. The average Bonchev–Trinajstić information content (AvgIpc) is 3.03. The minimum absolute atomic E-state index is 0.0161. The predicted molar refractivity (Wildman–Crippen MR) is 112 cm³/mol. The molecule has 0 amide bonds. The van der Waals surface area contributed by atoms with Gasteiger partial charge in [-0.1, -0.05) is 37.7 Å². The van der Waals surface area contributed by atoms with Crippen molar-refractivity contribution in [1.29, 1.82) is 0 Å². The Kier molecular flexibility index (Phi) is 6.38. The average molecular weight is 389 g/mol. The van der Waals surface area contributed by atoms with Crippen LogP contribution in [0.15, 0.2) is 51.2 Å². The lowest BCUT2D eigenvalue weighted by Crippen LogP contribution is -2.07. The minimum Gasteiger partial charge on any atom is -0.493 e. The van der Waals surface area contributed by atoms with Crippen molar-refractivity contribution >= 4 is 35.4 Å². The summed E-state index contributed by atoms with van der Waals surface area (Å²) in [6, 6.07) is 12.7. The summed E-state index contributed by atoms with van der Waals surface area (Å²) in [6.45, 7) is 4.42. The quantitative estimate of drug-likeness (QED) is 0.514. The fraction of sp³-hybridized carbons (Fsp3) is 0.350. The Bertz CT molecular complexity index is 743. The molecule has 0 bridgehead atoms. The van der Waals surface area contributed by atoms with Gasteiger partial charge in [0.15, 0.2) is 17.0 Å². The van der Waals surface area contributed by atoms with E-state index in [4.69, 9.17) is 9.47 Å². The van der Waals surface area contributed by atoms with Crippen LogP contribution in [0.2, 0.25) is 0 Å². The molecule has 0 saturated heterocycles. The predicted octanol–water partition coefficient (Wildman–Crippen LogP) is 5.32. The van der Waals surface area contributed by atoms with Crippen LogP contribution < -0.4 is 14.8 Å². The highest BCUT2D eigenvalue weighted by molar-refractivity contribution is 8.00. The second-order valence-electron chi connectivity index (χ2n) is 6.16. The molecule has 0 aromatic heterocycles. The molecular formula is C20H24N2O2S2. The Morgan fingerprint density at radius 1 is 1.15 bits per heavy atom. The smallest absolute Gasteiger partial charge is 0.170 e. The zero-order chi connectivity index (χ0) is 18.5. The van der Waals surface area contributed by atoms with Gasteiger partial charge in [0.05, 0.1) is 19.9 Å². The highest BCUT2D eigenvalue weighted by Crippen LogP contribution is 2.44. The summed E-state index contributed by atoms with van der Waals surface area (Å²) in [6.07, 6.45) is 2.81. The van der Waals surface area contributed by atoms with Gasteiger partial charge in [-0.3, -0.25) is 4.99 Å². The second kappa shape index (κ2) is 8.73. The molecule has 6 heteroatoms. The Morgan fingerprint density at radius 3 is 2.50 bits per heavy atom. The Balaban J connectivity index is 1.58. The van der Waals surface area contributed by atoms with Gasteiger partial charge in [0, 0.05) is 33.7 Å². The molecule has 4 nitrogen and oxygen atoms in total. The monoisotopic (exact) mass is 388 g/mol. The Hall–Kier alpha value is -1.79. The first-order chi connectivity index (χ1) is 12.6. The third kappa shape index (κ3) is 4.68. The largest absolute Gasteiger partial charge is 0.493 e. The van der Waals surface area contributed by atoms with Crippen molar-refractivity contribution in [1.82, 2.24) is 0 Å². The number of ether oxygens (including phenoxy) is 2. The van der Waals surface area contributed by atoms with Crippen molar-refractivity contribution in [2.24, 2.45) is 4.99 Å². The van der Waals surface area contributed by atoms with Gasteiger partial charge in [-0.05, 0) is 23.8 Å². The van der Waals surface area contributed by atoms with Crippen LogP contribution in [0.5, 0.6) is 11.5 Å². The Labute approximate surface area is 163 Å². The highest BCUT2D eigenvalue weighted by atomic mass is 32.2. The lowest BCUT2D eigenvalue weighted by molar-refractivity contribution is 0.354. The van der Waals surface area contributed by atoms with Crippen molar-refractivity contribution in [3.05, 3.63) is 42.0 Å². The molecule has 1 atom stereocenters. The van der Waals surface area contributed by atoms with E-state index in [-0.39, 0.29) is 5.50 Å². The third-order valence-electron chi connectivity index (χ3n) is 3.87. The molecule has 1 unspecified atom stereocenters. The number of nitrogens with zero attached hydrogens (tertiary/aromatic N) is 1. The van der Waals surface area contributed by atoms with Gasteiger partial charge in [0.2, 0.25) is 0 Å². The molecule has 1 aliphatic rings. The summed E-state index contributed by atoms with van der Waals surface area (Å²) >= 11 is 3.56. The minimum atomic E-state index is -0.0161. The number of hydrogen-bond acceptors (Lipinski definition) is 6. The van der Waals surface area contributed by atoms with Crippen LogP contribution in [0.1, 0.15) is 19.4 Å². The molecule has 138 valence electrons. The number of hydrogen-bond donors (Lipinski definition) is 1. The van der Waals surface area contributed by atoms with Crippen LogP contribution >= 0.6 is 23.5 Å². The maximum atomic E-state index is 5.36. The van der Waals surface area contributed by atoms with Gasteiger partial charge < -0.3 is 14.8 Å². The summed E-state index contributed by atoms with van der Waals surface area (Å²) in [5, 5.41) is 4.01. The molecular weight excluding hydrogens is 364 g/mol. The normalized spacial score (nSPS) is 16.0. The van der Waals surface area contributed by atoms with E-state index in [0.29, 0.717) is 5.25 Å². The molecule has 2 aromatic carbocycles. The molecule has 1 heterocycles. The van der Waals surface area contributed by atoms with Crippen LogP contribution in [-0.2, 0) is 6.42 Å². The van der Waals surface area contributed by atoms with Crippen molar-refractivity contribution in [3.8, 4) is 11.5 Å². The van der Waals surface area contributed by atoms with Gasteiger partial charge in [-0.2, -0.15) is 0 Å². The molecule has 0 spiro atoms. The van der Waals surface area contributed by atoms with Crippen LogP contribution in [0, 0.1) is 0 Å². The van der Waals surface area contributed by atoms with E-state index in [0.717, 1.165) is 28.5 Å². The summed E-state index contributed by atoms with van der Waals surface area (Å²) in [7, 11) is 3.30. The SMILES string of the molecule is COc1cc2c(cc1OC)SC(/N=C/Cc1ccc(SC(C)C)cc1)N2. The maximum Gasteiger partial charge on any atom is 0.170 e. The number of rotatable bonds is 7. The van der Waals surface area contributed by atoms with E-state index < -0.39 is 0 Å². The van der Waals surface area contributed by atoms with Crippen LogP contribution in [0.3, 0.4) is 0 Å². The molecule has 0 aliphatic carbocycles. The number of anilines is 1. The van der Waals surface area contributed by atoms with Gasteiger partial charge in [0.25, 0.3) is 0 Å². The van der Waals surface area contributed by atoms with E-state index in [1.807, 2.05) is 30.1 Å². The second-order valence-corrected chi connectivity index (χ2v) is 8.94. The van der Waals surface area contributed by atoms with Crippen LogP contribution in [-0.4, -0.2) is 31.2 Å². The number of methoxy groups -OCH3 is 2. The molecule has 0 radical (unpaired) electrons. The number of fused-ring (bicyclic) bond motifs is 1. The summed E-state index contributed by atoms with van der Waals surface area (Å²) in [5.74, 6) is 1.47. The number of benzene rings is 2. The van der Waals surface area contributed by atoms with E-state index in [1.54, 1.807) is 26.0 Å². The first-order valence-corrected chi connectivity index (χ1v) is 10.3. The number of aliphatic imine (C=N–C) groups is 1. The maximum absolute atomic E-state index is 5.36. The Morgan fingerprint density at radius 2 is 1.85 bits per heavy atom. The first-order valence-electron chi connectivity index (χ1n) is 8.55. The van der Waals surface area contributed by atoms with Crippen molar-refractivity contribution in [2.75, 3.05) is 19.5 Å². The number of nitrogens with one attached hydrogen (secondary N) is 1. The van der Waals surface area contributed by atoms with Crippen molar-refractivity contribution in [2.45, 2.75) is 40.8 Å². The zero-order valence-electron chi connectivity index (χ0n) is 15.5. The van der Waals surface area contributed by atoms with Gasteiger partial charge >= 0.3 is 0 Å². The molecule has 1 N–H and O–H groups in total. The van der Waals surface area contributed by atoms with E-state index in [1.165, 1.54) is 10.5 Å². The van der Waals surface area contributed by atoms with E-state index >= 15 is 0 Å². The lowest BCUT2D eigenvalue weighted by atomic mass is 10.2. The molecule has 26 heavy (non-hydrogen) atoms. The highest BCUT2D eigenvalue weighted by Gasteiger charge is 2.23. The first kappa shape index (κ1) is 19.0. The summed E-state index contributed by atoms with van der Waals surface area (Å²) in [4.78, 5) is 7.09. The molecule has 1 aliphatic heterocycles. The topological polar surface area (TPSA) is 42.9 Å². The van der Waals surface area contributed by atoms with Gasteiger partial charge in [-0.25, -0.2) is 0 Å². The zero-order valence-corrected chi connectivity index (χ0v) is 17.1. The van der Waals surface area contributed by atoms with Crippen molar-refractivity contribution < 1.29 is 9.47 Å². The molecule has 3 rings (SSSR count). The van der Waals surface area contributed by atoms with E-state index in [9.17, 15) is 0 Å². The van der Waals surface area contributed by atoms with Gasteiger partial charge in [-0.15, -0.1) is 11.8 Å². The summed E-state index contributed by atoms with van der Waals surface area (Å²) < 4.78 is 10.7. The fourth-order valence-corrected chi connectivity index (χ4v) is 4.48. The summed E-state index contributed by atoms with van der Waals surface area (Å²) in [5.41, 5.74) is 2.29. The van der Waals surface area contributed by atoms with Crippen LogP contribution in [0.4, 0.5) is 5.69 Å². The third-order valence-corrected chi connectivity index (χ3v) is 5.94. The van der Waals surface area contributed by atoms with E-state index in [2.05, 4.69) is 48.4 Å². The number of thioether (sulfide) groups is 2. The fourth-order valence-electron chi connectivity index (χ4n) is 2.65. The van der Waals surface area contributed by atoms with Crippen LogP contribution in [0.25, 0.3) is 0 Å². The molecule has 2 aromatic rings. The van der Waals surface area contributed by atoms with Gasteiger partial charge in [0.1, 0.15) is 0 Å². The lowest BCUT2D eigenvalue weighted by Gasteiger charge is -2.09.